The number of sulfonamides is 1. The van der Waals surface area contributed by atoms with E-state index in [0.717, 1.165) is 11.8 Å². The van der Waals surface area contributed by atoms with Gasteiger partial charge in [0.05, 0.1) is 33.0 Å². The highest BCUT2D eigenvalue weighted by Crippen LogP contribution is 2.28. The standard InChI is InChI=1S/C22H15ClN4O4S2/c23-17-6-1-2-7-18(17)27-33(29,30)16-8-9-20-19(11-16)26-22(31-20)32-13-21(28)25-15-5-3-4-14(10-15)12-24/h1-11,27H,13H2,(H,25,28). The molecule has 0 aliphatic rings. The first-order valence-electron chi connectivity index (χ1n) is 9.45. The van der Waals surface area contributed by atoms with E-state index >= 15 is 0 Å². The van der Waals surface area contributed by atoms with E-state index < -0.39 is 10.0 Å². The van der Waals surface area contributed by atoms with Gasteiger partial charge in [-0.2, -0.15) is 5.26 Å². The van der Waals surface area contributed by atoms with Crippen molar-refractivity contribution in [3.63, 3.8) is 0 Å². The smallest absolute Gasteiger partial charge is 0.262 e. The molecule has 0 saturated carbocycles. The first kappa shape index (κ1) is 22.7. The lowest BCUT2D eigenvalue weighted by Gasteiger charge is -2.09. The molecule has 8 nitrogen and oxygen atoms in total. The lowest BCUT2D eigenvalue weighted by Crippen LogP contribution is -2.14. The lowest BCUT2D eigenvalue weighted by molar-refractivity contribution is -0.113. The zero-order chi connectivity index (χ0) is 23.4. The largest absolute Gasteiger partial charge is 0.431 e. The molecule has 0 unspecified atom stereocenters. The summed E-state index contributed by atoms with van der Waals surface area (Å²) in [5, 5.41) is 12.1. The number of aromatic nitrogens is 1. The number of halogens is 1. The van der Waals surface area contributed by atoms with Crippen LogP contribution in [0.5, 0.6) is 0 Å². The van der Waals surface area contributed by atoms with Crippen LogP contribution in [0.3, 0.4) is 0 Å². The minimum absolute atomic E-state index is 0.00473. The Bertz CT molecular complexity index is 1500. The Hall–Kier alpha value is -3.52. The highest BCUT2D eigenvalue weighted by Gasteiger charge is 2.18. The predicted molar refractivity (Wildman–Crippen MR) is 127 cm³/mol. The molecule has 4 aromatic rings. The third-order valence-corrected chi connectivity index (χ3v) is 6.89. The van der Waals surface area contributed by atoms with Crippen molar-refractivity contribution in [1.29, 1.82) is 5.26 Å². The fourth-order valence-corrected chi connectivity index (χ4v) is 4.83. The summed E-state index contributed by atoms with van der Waals surface area (Å²) in [6, 6.07) is 19.4. The van der Waals surface area contributed by atoms with Gasteiger partial charge in [-0.05, 0) is 48.5 Å². The summed E-state index contributed by atoms with van der Waals surface area (Å²) < 4.78 is 33.5. The molecule has 0 fully saturated rings. The molecule has 1 heterocycles. The number of oxazole rings is 1. The molecular weight excluding hydrogens is 484 g/mol. The lowest BCUT2D eigenvalue weighted by atomic mass is 10.2. The van der Waals surface area contributed by atoms with Crippen molar-refractivity contribution >= 4 is 61.8 Å². The van der Waals surface area contributed by atoms with Crippen molar-refractivity contribution in [3.05, 3.63) is 77.3 Å². The van der Waals surface area contributed by atoms with Gasteiger partial charge >= 0.3 is 0 Å². The van der Waals surface area contributed by atoms with E-state index in [2.05, 4.69) is 15.0 Å². The highest BCUT2D eigenvalue weighted by molar-refractivity contribution is 7.99. The number of amides is 1. The highest BCUT2D eigenvalue weighted by atomic mass is 35.5. The van der Waals surface area contributed by atoms with Crippen molar-refractivity contribution in [2.75, 3.05) is 15.8 Å². The van der Waals surface area contributed by atoms with Gasteiger partial charge in [0.15, 0.2) is 5.58 Å². The summed E-state index contributed by atoms with van der Waals surface area (Å²) in [6.07, 6.45) is 0. The fourth-order valence-electron chi connectivity index (χ4n) is 2.85. The van der Waals surface area contributed by atoms with E-state index in [1.807, 2.05) is 6.07 Å². The summed E-state index contributed by atoms with van der Waals surface area (Å²) in [5.41, 5.74) is 1.94. The van der Waals surface area contributed by atoms with E-state index in [1.165, 1.54) is 18.2 Å². The minimum atomic E-state index is -3.89. The Morgan fingerprint density at radius 2 is 1.94 bits per heavy atom. The van der Waals surface area contributed by atoms with Crippen molar-refractivity contribution < 1.29 is 17.6 Å². The molecule has 3 aromatic carbocycles. The average molecular weight is 499 g/mol. The quantitative estimate of drug-likeness (QED) is 0.347. The second kappa shape index (κ2) is 9.54. The molecule has 166 valence electrons. The maximum atomic E-state index is 12.7. The summed E-state index contributed by atoms with van der Waals surface area (Å²) in [5.74, 6) is -0.285. The molecule has 0 aliphatic heterocycles. The van der Waals surface area contributed by atoms with Gasteiger partial charge in [-0.25, -0.2) is 13.4 Å². The molecule has 1 amide bonds. The number of carbonyl (C=O) groups is 1. The van der Waals surface area contributed by atoms with Crippen LogP contribution in [0.1, 0.15) is 5.56 Å². The predicted octanol–water partition coefficient (Wildman–Crippen LogP) is 4.88. The van der Waals surface area contributed by atoms with Crippen LogP contribution in [0.15, 0.2) is 81.3 Å². The number of hydrogen-bond donors (Lipinski definition) is 2. The molecule has 1 aromatic heterocycles. The topological polar surface area (TPSA) is 125 Å². The maximum Gasteiger partial charge on any atom is 0.262 e. The van der Waals surface area contributed by atoms with Crippen LogP contribution in [0.4, 0.5) is 11.4 Å². The number of hydrogen-bond acceptors (Lipinski definition) is 7. The molecule has 0 atom stereocenters. The monoisotopic (exact) mass is 498 g/mol. The molecule has 11 heteroatoms. The molecule has 2 N–H and O–H groups in total. The second-order valence-corrected chi connectivity index (χ2v) is 9.74. The summed E-state index contributed by atoms with van der Waals surface area (Å²) >= 11 is 7.10. The van der Waals surface area contributed by atoms with Crippen LogP contribution >= 0.6 is 23.4 Å². The van der Waals surface area contributed by atoms with E-state index in [4.69, 9.17) is 21.3 Å². The third-order valence-electron chi connectivity index (χ3n) is 4.37. The number of para-hydroxylation sites is 1. The van der Waals surface area contributed by atoms with Gasteiger partial charge in [0, 0.05) is 5.69 Å². The van der Waals surface area contributed by atoms with Crippen molar-refractivity contribution in [3.8, 4) is 6.07 Å². The maximum absolute atomic E-state index is 12.7. The Morgan fingerprint density at radius 3 is 2.73 bits per heavy atom. The van der Waals surface area contributed by atoms with Crippen LogP contribution in [0.25, 0.3) is 11.1 Å². The van der Waals surface area contributed by atoms with E-state index in [9.17, 15) is 13.2 Å². The van der Waals surface area contributed by atoms with Gasteiger partial charge in [0.25, 0.3) is 15.2 Å². The Morgan fingerprint density at radius 1 is 1.12 bits per heavy atom. The molecule has 0 radical (unpaired) electrons. The second-order valence-electron chi connectivity index (χ2n) is 6.72. The van der Waals surface area contributed by atoms with Crippen LogP contribution in [0.2, 0.25) is 5.02 Å². The molecular formula is C22H15ClN4O4S2. The van der Waals surface area contributed by atoms with Crippen LogP contribution < -0.4 is 10.0 Å². The van der Waals surface area contributed by atoms with Crippen molar-refractivity contribution in [2.24, 2.45) is 0 Å². The third kappa shape index (κ3) is 5.46. The van der Waals surface area contributed by atoms with Gasteiger partial charge in [-0.3, -0.25) is 9.52 Å². The molecule has 4 rings (SSSR count). The number of nitrogens with one attached hydrogen (secondary N) is 2. The number of anilines is 2. The van der Waals surface area contributed by atoms with Gasteiger partial charge in [-0.15, -0.1) is 0 Å². The molecule has 0 aliphatic carbocycles. The van der Waals surface area contributed by atoms with Crippen molar-refractivity contribution in [2.45, 2.75) is 10.1 Å². The number of fused-ring (bicyclic) bond motifs is 1. The Labute approximate surface area is 198 Å². The first-order chi connectivity index (χ1) is 15.8. The van der Waals surface area contributed by atoms with Gasteiger partial charge in [-0.1, -0.05) is 41.6 Å². The number of rotatable bonds is 7. The normalized spacial score (nSPS) is 11.2. The first-order valence-corrected chi connectivity index (χ1v) is 12.3. The van der Waals surface area contributed by atoms with E-state index in [1.54, 1.807) is 48.5 Å². The molecule has 0 saturated heterocycles. The zero-order valence-corrected chi connectivity index (χ0v) is 19.2. The number of benzene rings is 3. The minimum Gasteiger partial charge on any atom is -0.431 e. The molecule has 0 bridgehead atoms. The van der Waals surface area contributed by atoms with E-state index in [-0.39, 0.29) is 32.5 Å². The SMILES string of the molecule is N#Cc1cccc(NC(=O)CSc2nc3cc(S(=O)(=O)Nc4ccccc4Cl)ccc3o2)c1. The summed E-state index contributed by atoms with van der Waals surface area (Å²) in [4.78, 5) is 16.5. The van der Waals surface area contributed by atoms with Crippen molar-refractivity contribution in [1.82, 2.24) is 4.98 Å². The number of nitrogens with zero attached hydrogens (tertiary/aromatic N) is 2. The molecule has 33 heavy (non-hydrogen) atoms. The van der Waals surface area contributed by atoms with Crippen LogP contribution in [-0.2, 0) is 14.8 Å². The number of nitriles is 1. The van der Waals surface area contributed by atoms with Crippen LogP contribution in [-0.4, -0.2) is 25.1 Å². The average Bonchev–Trinajstić information content (AvgIpc) is 3.21. The van der Waals surface area contributed by atoms with Gasteiger partial charge in [0.1, 0.15) is 5.52 Å². The zero-order valence-electron chi connectivity index (χ0n) is 16.8. The fraction of sp³-hybridized carbons (Fsp3) is 0.0455. The summed E-state index contributed by atoms with van der Waals surface area (Å²) in [7, 11) is -3.89. The number of thioether (sulfide) groups is 1. The van der Waals surface area contributed by atoms with Gasteiger partial charge in [0.2, 0.25) is 5.91 Å². The van der Waals surface area contributed by atoms with Gasteiger partial charge < -0.3 is 9.73 Å². The Kier molecular flexibility index (Phi) is 6.55. The van der Waals surface area contributed by atoms with Crippen LogP contribution in [0, 0.1) is 11.3 Å². The Balaban J connectivity index is 1.45. The van der Waals surface area contributed by atoms with E-state index in [0.29, 0.717) is 22.4 Å². The molecule has 0 spiro atoms. The summed E-state index contributed by atoms with van der Waals surface area (Å²) in [6.45, 7) is 0. The number of carbonyl (C=O) groups excluding carboxylic acids is 1.